The van der Waals surface area contributed by atoms with Crippen LogP contribution in [0, 0.1) is 5.92 Å². The third-order valence-corrected chi connectivity index (χ3v) is 4.27. The van der Waals surface area contributed by atoms with E-state index in [0.29, 0.717) is 12.3 Å². The zero-order chi connectivity index (χ0) is 17.6. The fourth-order valence-corrected chi connectivity index (χ4v) is 3.32. The Hall–Kier alpha value is -0.530. The Labute approximate surface area is 145 Å². The molecular weight excluding hydrogens is 284 g/mol. The van der Waals surface area contributed by atoms with E-state index < -0.39 is 0 Å². The molecule has 0 aliphatic heterocycles. The van der Waals surface area contributed by atoms with Gasteiger partial charge in [0, 0.05) is 6.42 Å². The van der Waals surface area contributed by atoms with E-state index in [-0.39, 0.29) is 11.6 Å². The van der Waals surface area contributed by atoms with E-state index in [4.69, 9.17) is 4.74 Å². The van der Waals surface area contributed by atoms with Gasteiger partial charge in [-0.25, -0.2) is 0 Å². The van der Waals surface area contributed by atoms with E-state index in [2.05, 4.69) is 20.8 Å². The van der Waals surface area contributed by atoms with Crippen molar-refractivity contribution in [3.8, 4) is 0 Å². The van der Waals surface area contributed by atoms with Crippen LogP contribution in [0.2, 0.25) is 0 Å². The molecule has 0 aromatic carbocycles. The number of hydrogen-bond acceptors (Lipinski definition) is 2. The number of carbonyl (C=O) groups excluding carboxylic acids is 1. The van der Waals surface area contributed by atoms with Gasteiger partial charge in [-0.15, -0.1) is 0 Å². The number of hydrogen-bond donors (Lipinski definition) is 0. The Morgan fingerprint density at radius 2 is 1.26 bits per heavy atom. The van der Waals surface area contributed by atoms with Gasteiger partial charge in [0.1, 0.15) is 5.60 Å². The Balaban J connectivity index is 3.42. The minimum Gasteiger partial charge on any atom is -0.460 e. The van der Waals surface area contributed by atoms with Crippen LogP contribution in [0.25, 0.3) is 0 Å². The van der Waals surface area contributed by atoms with E-state index >= 15 is 0 Å². The number of ether oxygens (including phenoxy) is 1. The fraction of sp³-hybridized carbons (Fsp3) is 0.952. The van der Waals surface area contributed by atoms with Crippen LogP contribution in [0.4, 0.5) is 0 Å². The third kappa shape index (κ3) is 16.1. The lowest BCUT2D eigenvalue weighted by Gasteiger charge is -2.27. The average molecular weight is 327 g/mol. The standard InChI is InChI=1S/C21H42O2/c1-6-7-8-9-10-11-12-13-14-15-16-17-20(22)23-21(4,5)18-19(2)3/h19H,6-18H2,1-5H3. The first-order valence-corrected chi connectivity index (χ1v) is 10.1. The zero-order valence-electron chi connectivity index (χ0n) is 16.6. The molecule has 0 spiro atoms. The average Bonchev–Trinajstić information content (AvgIpc) is 2.42. The van der Waals surface area contributed by atoms with E-state index in [1.165, 1.54) is 57.8 Å². The van der Waals surface area contributed by atoms with Crippen molar-refractivity contribution in [3.63, 3.8) is 0 Å². The molecule has 0 saturated heterocycles. The quantitative estimate of drug-likeness (QED) is 0.238. The van der Waals surface area contributed by atoms with Gasteiger partial charge in [0.15, 0.2) is 0 Å². The summed E-state index contributed by atoms with van der Waals surface area (Å²) in [6.45, 7) is 10.6. The van der Waals surface area contributed by atoms with Gasteiger partial charge < -0.3 is 4.74 Å². The minimum absolute atomic E-state index is 0.0217. The van der Waals surface area contributed by atoms with Gasteiger partial charge in [-0.2, -0.15) is 0 Å². The SMILES string of the molecule is CCCCCCCCCCCCCC(=O)OC(C)(C)CC(C)C. The summed E-state index contributed by atoms with van der Waals surface area (Å²) in [4.78, 5) is 11.9. The lowest BCUT2D eigenvalue weighted by molar-refractivity contribution is -0.157. The van der Waals surface area contributed by atoms with Crippen molar-refractivity contribution in [2.75, 3.05) is 0 Å². The summed E-state index contributed by atoms with van der Waals surface area (Å²) in [6, 6.07) is 0. The van der Waals surface area contributed by atoms with Gasteiger partial charge >= 0.3 is 5.97 Å². The van der Waals surface area contributed by atoms with Gasteiger partial charge in [0.25, 0.3) is 0 Å². The fourth-order valence-electron chi connectivity index (χ4n) is 3.32. The van der Waals surface area contributed by atoms with Crippen LogP contribution in [0.1, 0.15) is 118 Å². The number of unbranched alkanes of at least 4 members (excludes halogenated alkanes) is 10. The first kappa shape index (κ1) is 22.5. The summed E-state index contributed by atoms with van der Waals surface area (Å²) in [6.07, 6.45) is 15.9. The molecule has 0 amide bonds. The zero-order valence-corrected chi connectivity index (χ0v) is 16.6. The molecule has 2 heteroatoms. The summed E-state index contributed by atoms with van der Waals surface area (Å²) >= 11 is 0. The predicted molar refractivity (Wildman–Crippen MR) is 101 cm³/mol. The highest BCUT2D eigenvalue weighted by atomic mass is 16.6. The highest BCUT2D eigenvalue weighted by molar-refractivity contribution is 5.69. The molecule has 138 valence electrons. The molecule has 0 bridgehead atoms. The maximum Gasteiger partial charge on any atom is 0.306 e. The predicted octanol–water partition coefficient (Wildman–Crippen LogP) is 7.06. The molecule has 0 atom stereocenters. The van der Waals surface area contributed by atoms with Crippen LogP contribution < -0.4 is 0 Å². The van der Waals surface area contributed by atoms with Gasteiger partial charge in [0.05, 0.1) is 0 Å². The molecular formula is C21H42O2. The van der Waals surface area contributed by atoms with Crippen molar-refractivity contribution in [1.29, 1.82) is 0 Å². The van der Waals surface area contributed by atoms with Crippen molar-refractivity contribution in [1.82, 2.24) is 0 Å². The molecule has 0 fully saturated rings. The largest absolute Gasteiger partial charge is 0.460 e. The van der Waals surface area contributed by atoms with Gasteiger partial charge in [0.2, 0.25) is 0 Å². The topological polar surface area (TPSA) is 26.3 Å². The Morgan fingerprint density at radius 1 is 0.826 bits per heavy atom. The molecule has 0 radical (unpaired) electrons. The first-order chi connectivity index (χ1) is 10.9. The van der Waals surface area contributed by atoms with Gasteiger partial charge in [-0.05, 0) is 32.6 Å². The Kier molecular flexibility index (Phi) is 13.5. The van der Waals surface area contributed by atoms with Gasteiger partial charge in [-0.1, -0.05) is 85.0 Å². The van der Waals surface area contributed by atoms with Crippen molar-refractivity contribution < 1.29 is 9.53 Å². The summed E-state index contributed by atoms with van der Waals surface area (Å²) in [7, 11) is 0. The lowest BCUT2D eigenvalue weighted by Crippen LogP contribution is -2.29. The first-order valence-electron chi connectivity index (χ1n) is 10.1. The van der Waals surface area contributed by atoms with E-state index in [0.717, 1.165) is 19.3 Å². The van der Waals surface area contributed by atoms with Crippen molar-refractivity contribution in [2.24, 2.45) is 5.92 Å². The normalized spacial score (nSPS) is 11.9. The highest BCUT2D eigenvalue weighted by Gasteiger charge is 2.23. The molecule has 0 aliphatic carbocycles. The minimum atomic E-state index is -0.316. The highest BCUT2D eigenvalue weighted by Crippen LogP contribution is 2.21. The second kappa shape index (κ2) is 13.9. The molecule has 0 N–H and O–H groups in total. The molecule has 0 aromatic rings. The third-order valence-electron chi connectivity index (χ3n) is 4.27. The van der Waals surface area contributed by atoms with E-state index in [9.17, 15) is 4.79 Å². The maximum absolute atomic E-state index is 11.9. The van der Waals surface area contributed by atoms with Crippen LogP contribution >= 0.6 is 0 Å². The summed E-state index contributed by atoms with van der Waals surface area (Å²) < 4.78 is 5.60. The molecule has 0 aliphatic rings. The summed E-state index contributed by atoms with van der Waals surface area (Å²) in [5.74, 6) is 0.534. The van der Waals surface area contributed by atoms with Gasteiger partial charge in [-0.3, -0.25) is 4.79 Å². The molecule has 0 unspecified atom stereocenters. The molecule has 0 saturated carbocycles. The van der Waals surface area contributed by atoms with E-state index in [1.54, 1.807) is 0 Å². The Morgan fingerprint density at radius 3 is 1.70 bits per heavy atom. The van der Waals surface area contributed by atoms with Crippen molar-refractivity contribution in [3.05, 3.63) is 0 Å². The monoisotopic (exact) mass is 326 g/mol. The molecule has 0 heterocycles. The summed E-state index contributed by atoms with van der Waals surface area (Å²) in [5.41, 5.74) is -0.316. The van der Waals surface area contributed by atoms with E-state index in [1.807, 2.05) is 13.8 Å². The number of rotatable bonds is 15. The lowest BCUT2D eigenvalue weighted by atomic mass is 9.96. The molecule has 2 nitrogen and oxygen atoms in total. The maximum atomic E-state index is 11.9. The molecule has 23 heavy (non-hydrogen) atoms. The second-order valence-corrected chi connectivity index (χ2v) is 8.12. The smallest absolute Gasteiger partial charge is 0.306 e. The Bertz CT molecular complexity index is 282. The van der Waals surface area contributed by atoms with Crippen molar-refractivity contribution in [2.45, 2.75) is 124 Å². The summed E-state index contributed by atoms with van der Waals surface area (Å²) in [5, 5.41) is 0. The molecule has 0 rings (SSSR count). The number of esters is 1. The van der Waals surface area contributed by atoms with Crippen LogP contribution in [0.3, 0.4) is 0 Å². The number of carbonyl (C=O) groups is 1. The van der Waals surface area contributed by atoms with Crippen molar-refractivity contribution >= 4 is 5.97 Å². The van der Waals surface area contributed by atoms with Crippen LogP contribution in [0.5, 0.6) is 0 Å². The second-order valence-electron chi connectivity index (χ2n) is 8.12. The van der Waals surface area contributed by atoms with Crippen LogP contribution in [-0.4, -0.2) is 11.6 Å². The van der Waals surface area contributed by atoms with Crippen LogP contribution in [-0.2, 0) is 9.53 Å². The molecule has 0 aromatic heterocycles. The van der Waals surface area contributed by atoms with Crippen LogP contribution in [0.15, 0.2) is 0 Å².